The summed E-state index contributed by atoms with van der Waals surface area (Å²) in [5.74, 6) is -6.71. The lowest BCUT2D eigenvalue weighted by molar-refractivity contribution is -0.143. The minimum Gasteiger partial charge on any atom is -0.480 e. The molecule has 6 amide bonds. The van der Waals surface area contributed by atoms with Crippen LogP contribution in [0.15, 0.2) is 0 Å². The third kappa shape index (κ3) is 13.5. The van der Waals surface area contributed by atoms with Crippen LogP contribution in [-0.4, -0.2) is 106 Å². The van der Waals surface area contributed by atoms with E-state index >= 15 is 0 Å². The number of aliphatic carboxylic acids is 1. The molecule has 0 aromatic rings. The molecule has 38 heavy (non-hydrogen) atoms. The van der Waals surface area contributed by atoms with Crippen molar-refractivity contribution in [3.8, 4) is 0 Å². The van der Waals surface area contributed by atoms with Crippen LogP contribution >= 0.6 is 24.4 Å². The van der Waals surface area contributed by atoms with E-state index in [4.69, 9.17) is 22.3 Å². The number of aliphatic hydroxyl groups is 1. The van der Waals surface area contributed by atoms with E-state index in [-0.39, 0.29) is 18.6 Å². The van der Waals surface area contributed by atoms with Gasteiger partial charge in [0, 0.05) is 12.2 Å². The number of carboxylic acids is 1. The van der Waals surface area contributed by atoms with Gasteiger partial charge < -0.3 is 48.7 Å². The van der Waals surface area contributed by atoms with E-state index in [1.54, 1.807) is 0 Å². The Balaban J connectivity index is 5.41. The van der Waals surface area contributed by atoms with Gasteiger partial charge in [-0.3, -0.25) is 28.8 Å². The summed E-state index contributed by atoms with van der Waals surface area (Å²) in [6.07, 6.45) is 0.921. The second-order valence-electron chi connectivity index (χ2n) is 8.01. The molecule has 216 valence electrons. The summed E-state index contributed by atoms with van der Waals surface area (Å²) in [4.78, 5) is 83.7. The number of carbonyl (C=O) groups is 7. The van der Waals surface area contributed by atoms with Crippen molar-refractivity contribution in [3.05, 3.63) is 0 Å². The van der Waals surface area contributed by atoms with Crippen molar-refractivity contribution in [2.75, 3.05) is 24.4 Å². The first-order valence-corrected chi connectivity index (χ1v) is 13.3. The van der Waals surface area contributed by atoms with Gasteiger partial charge in [-0.1, -0.05) is 0 Å². The minimum atomic E-state index is -1.66. The third-order valence-electron chi connectivity index (χ3n) is 4.93. The number of carbonyl (C=O) groups excluding carboxylic acids is 6. The maximum absolute atomic E-state index is 12.8. The van der Waals surface area contributed by atoms with E-state index in [1.807, 2.05) is 11.6 Å². The Morgan fingerprint density at radius 1 is 0.789 bits per heavy atom. The number of nitrogens with one attached hydrogen (secondary N) is 4. The predicted octanol–water partition coefficient (Wildman–Crippen LogP) is -4.85. The quantitative estimate of drug-likeness (QED) is 0.0645. The molecule has 5 atom stereocenters. The van der Waals surface area contributed by atoms with Gasteiger partial charge in [-0.25, -0.2) is 4.79 Å². The topological polar surface area (TPSA) is 286 Å². The van der Waals surface area contributed by atoms with Crippen LogP contribution in [0.1, 0.15) is 25.7 Å². The zero-order valence-corrected chi connectivity index (χ0v) is 22.4. The highest BCUT2D eigenvalue weighted by molar-refractivity contribution is 7.98. The van der Waals surface area contributed by atoms with Crippen molar-refractivity contribution >= 4 is 65.8 Å². The van der Waals surface area contributed by atoms with Crippen molar-refractivity contribution in [3.63, 3.8) is 0 Å². The van der Waals surface area contributed by atoms with Crippen LogP contribution in [0.2, 0.25) is 0 Å². The molecule has 18 heteroatoms. The Kier molecular flexibility index (Phi) is 16.7. The van der Waals surface area contributed by atoms with Crippen molar-refractivity contribution in [1.82, 2.24) is 21.3 Å². The van der Waals surface area contributed by atoms with E-state index in [2.05, 4.69) is 28.6 Å². The fraction of sp³-hybridized carbons (Fsp3) is 0.650. The van der Waals surface area contributed by atoms with Gasteiger partial charge in [0.25, 0.3) is 0 Å². The van der Waals surface area contributed by atoms with Crippen LogP contribution in [0, 0.1) is 0 Å². The summed E-state index contributed by atoms with van der Waals surface area (Å²) in [5, 5.41) is 27.6. The number of primary amides is 2. The summed E-state index contributed by atoms with van der Waals surface area (Å²) in [7, 11) is 0. The number of nitrogens with two attached hydrogens (primary N) is 3. The van der Waals surface area contributed by atoms with Gasteiger partial charge >= 0.3 is 5.97 Å². The molecule has 0 aromatic carbocycles. The van der Waals surface area contributed by atoms with E-state index in [1.165, 1.54) is 11.8 Å². The smallest absolute Gasteiger partial charge is 0.326 e. The van der Waals surface area contributed by atoms with Gasteiger partial charge in [-0.15, -0.1) is 0 Å². The molecular weight excluding hydrogens is 546 g/mol. The number of amides is 6. The van der Waals surface area contributed by atoms with Gasteiger partial charge in [-0.2, -0.15) is 24.4 Å². The van der Waals surface area contributed by atoms with Crippen molar-refractivity contribution in [1.29, 1.82) is 0 Å². The molecule has 0 unspecified atom stereocenters. The van der Waals surface area contributed by atoms with E-state index in [9.17, 15) is 38.7 Å². The van der Waals surface area contributed by atoms with E-state index < -0.39 is 84.6 Å². The first kappa shape index (κ1) is 34.9. The lowest BCUT2D eigenvalue weighted by Crippen LogP contribution is -2.60. The normalized spacial score (nSPS) is 14.6. The highest BCUT2D eigenvalue weighted by Gasteiger charge is 2.31. The summed E-state index contributed by atoms with van der Waals surface area (Å²) in [5.41, 5.74) is 15.9. The molecule has 0 aliphatic heterocycles. The molecule has 0 rings (SSSR count). The summed E-state index contributed by atoms with van der Waals surface area (Å²) in [6.45, 7) is -0.929. The molecule has 0 aliphatic carbocycles. The van der Waals surface area contributed by atoms with Gasteiger partial charge in [0.15, 0.2) is 0 Å². The zero-order chi connectivity index (χ0) is 29.4. The Labute approximate surface area is 228 Å². The van der Waals surface area contributed by atoms with E-state index in [0.717, 1.165) is 0 Å². The average Bonchev–Trinajstić information content (AvgIpc) is 2.84. The molecule has 0 heterocycles. The molecule has 12 N–H and O–H groups in total. The van der Waals surface area contributed by atoms with Crippen molar-refractivity contribution in [2.24, 2.45) is 17.2 Å². The van der Waals surface area contributed by atoms with E-state index in [0.29, 0.717) is 12.2 Å². The maximum Gasteiger partial charge on any atom is 0.326 e. The number of aliphatic hydroxyl groups excluding tert-OH is 1. The average molecular weight is 582 g/mol. The molecule has 0 saturated heterocycles. The summed E-state index contributed by atoms with van der Waals surface area (Å²) in [6, 6.07) is -6.97. The second kappa shape index (κ2) is 18.2. The summed E-state index contributed by atoms with van der Waals surface area (Å²) >= 11 is 5.39. The number of thioether (sulfide) groups is 1. The van der Waals surface area contributed by atoms with Crippen LogP contribution in [0.4, 0.5) is 0 Å². The van der Waals surface area contributed by atoms with Gasteiger partial charge in [0.05, 0.1) is 19.1 Å². The first-order valence-electron chi connectivity index (χ1n) is 11.2. The molecule has 0 radical (unpaired) electrons. The molecule has 0 bridgehead atoms. The molecule has 0 aliphatic rings. The fourth-order valence-corrected chi connectivity index (χ4v) is 3.56. The van der Waals surface area contributed by atoms with Crippen LogP contribution in [0.25, 0.3) is 0 Å². The monoisotopic (exact) mass is 581 g/mol. The Morgan fingerprint density at radius 2 is 1.29 bits per heavy atom. The van der Waals surface area contributed by atoms with Gasteiger partial charge in [0.1, 0.15) is 24.2 Å². The maximum atomic E-state index is 12.8. The van der Waals surface area contributed by atoms with Crippen LogP contribution < -0.4 is 38.5 Å². The highest BCUT2D eigenvalue weighted by atomic mass is 32.2. The standard InChI is InChI=1S/C20H35N7O9S2/c1-38-5-4-9(21)16(31)24-10(2-3-14(22)29)17(32)26-12(7-28)18(33)27-13(8-37)19(34)25-11(20(35)36)6-15(23)30/h9-13,28,37H,2-8,21H2,1H3,(H2,22,29)(H2,23,30)(H,24,31)(H,25,34)(H,26,32)(H,27,33)(H,35,36)/t9-,10-,11-,12-,13-/m0/s1. The van der Waals surface area contributed by atoms with Crippen molar-refractivity contribution < 1.29 is 43.8 Å². The lowest BCUT2D eigenvalue weighted by Gasteiger charge is -2.25. The van der Waals surface area contributed by atoms with Gasteiger partial charge in [0.2, 0.25) is 35.4 Å². The van der Waals surface area contributed by atoms with Crippen LogP contribution in [0.5, 0.6) is 0 Å². The first-order chi connectivity index (χ1) is 17.8. The molecule has 0 spiro atoms. The number of thiol groups is 1. The minimum absolute atomic E-state index is 0.222. The Hall–Kier alpha value is -3.09. The molecule has 0 saturated carbocycles. The molecule has 0 aromatic heterocycles. The number of hydrogen-bond donors (Lipinski definition) is 10. The van der Waals surface area contributed by atoms with Crippen LogP contribution in [0.3, 0.4) is 0 Å². The second-order valence-corrected chi connectivity index (χ2v) is 9.36. The molecular formula is C20H35N7O9S2. The summed E-state index contributed by atoms with van der Waals surface area (Å²) < 4.78 is 0. The molecule has 16 nitrogen and oxygen atoms in total. The number of hydrogen-bond acceptors (Lipinski definition) is 11. The fourth-order valence-electron chi connectivity index (χ4n) is 2.82. The number of rotatable bonds is 19. The number of carboxylic acid groups (broad SMARTS) is 1. The molecule has 0 fully saturated rings. The van der Waals surface area contributed by atoms with Crippen molar-refractivity contribution in [2.45, 2.75) is 55.9 Å². The third-order valence-corrected chi connectivity index (χ3v) is 5.94. The Bertz CT molecular complexity index is 878. The lowest BCUT2D eigenvalue weighted by atomic mass is 10.1. The Morgan fingerprint density at radius 3 is 1.76 bits per heavy atom. The SMILES string of the molecule is CSCC[C@H](N)C(=O)N[C@@H](CCC(N)=O)C(=O)N[C@@H](CO)C(=O)N[C@@H](CS)C(=O)N[C@@H](CC(N)=O)C(=O)O. The van der Waals surface area contributed by atoms with Crippen LogP contribution in [-0.2, 0) is 33.6 Å². The highest BCUT2D eigenvalue weighted by Crippen LogP contribution is 2.03. The predicted molar refractivity (Wildman–Crippen MR) is 140 cm³/mol. The largest absolute Gasteiger partial charge is 0.480 e. The van der Waals surface area contributed by atoms with Gasteiger partial charge in [-0.05, 0) is 24.9 Å². The zero-order valence-electron chi connectivity index (χ0n) is 20.7.